The Hall–Kier alpha value is -1.24. The molecule has 0 aliphatic carbocycles. The Morgan fingerprint density at radius 1 is 1.48 bits per heavy atom. The SMILES string of the molecule is CC1(C)CN(C(=O)c2csc(-c3cccs3)n2)CCC1N. The number of nitrogens with two attached hydrogens (primary N) is 1. The molecule has 0 spiro atoms. The summed E-state index contributed by atoms with van der Waals surface area (Å²) in [6.45, 7) is 5.65. The van der Waals surface area contributed by atoms with Gasteiger partial charge in [0.25, 0.3) is 5.91 Å². The summed E-state index contributed by atoms with van der Waals surface area (Å²) in [4.78, 5) is 20.1. The van der Waals surface area contributed by atoms with E-state index in [1.165, 1.54) is 11.3 Å². The number of hydrogen-bond acceptors (Lipinski definition) is 5. The third-order valence-electron chi connectivity index (χ3n) is 4.05. The maximum absolute atomic E-state index is 12.6. The lowest BCUT2D eigenvalue weighted by Crippen LogP contribution is -2.54. The molecule has 3 rings (SSSR count). The second-order valence-electron chi connectivity index (χ2n) is 6.13. The van der Waals surface area contributed by atoms with E-state index in [0.717, 1.165) is 22.9 Å². The van der Waals surface area contributed by atoms with Crippen molar-refractivity contribution >= 4 is 28.6 Å². The van der Waals surface area contributed by atoms with Gasteiger partial charge < -0.3 is 10.6 Å². The Balaban J connectivity index is 1.77. The summed E-state index contributed by atoms with van der Waals surface area (Å²) in [5.74, 6) is 0.0223. The fourth-order valence-electron chi connectivity index (χ4n) is 2.59. The van der Waals surface area contributed by atoms with Crippen molar-refractivity contribution in [1.82, 2.24) is 9.88 Å². The average molecular weight is 321 g/mol. The molecule has 2 N–H and O–H groups in total. The number of amides is 1. The highest BCUT2D eigenvalue weighted by atomic mass is 32.1. The van der Waals surface area contributed by atoms with Crippen molar-refractivity contribution in [3.8, 4) is 9.88 Å². The van der Waals surface area contributed by atoms with Crippen molar-refractivity contribution in [2.45, 2.75) is 26.3 Å². The van der Waals surface area contributed by atoms with E-state index in [0.29, 0.717) is 12.2 Å². The summed E-state index contributed by atoms with van der Waals surface area (Å²) in [6, 6.07) is 4.18. The first kappa shape index (κ1) is 14.7. The molecule has 1 fully saturated rings. The van der Waals surface area contributed by atoms with Gasteiger partial charge in [-0.1, -0.05) is 19.9 Å². The van der Waals surface area contributed by atoms with Crippen LogP contribution in [0.3, 0.4) is 0 Å². The quantitative estimate of drug-likeness (QED) is 0.925. The van der Waals surface area contributed by atoms with Gasteiger partial charge in [0, 0.05) is 24.5 Å². The van der Waals surface area contributed by atoms with Crippen LogP contribution in [0, 0.1) is 5.41 Å². The summed E-state index contributed by atoms with van der Waals surface area (Å²) >= 11 is 3.17. The minimum atomic E-state index is -0.0412. The third-order valence-corrected chi connectivity index (χ3v) is 5.94. The summed E-state index contributed by atoms with van der Waals surface area (Å²) in [5, 5.41) is 4.80. The number of piperidine rings is 1. The molecule has 2 aromatic rings. The molecule has 1 aliphatic heterocycles. The van der Waals surface area contributed by atoms with Crippen LogP contribution in [-0.4, -0.2) is 34.9 Å². The van der Waals surface area contributed by atoms with Gasteiger partial charge in [0.1, 0.15) is 10.7 Å². The van der Waals surface area contributed by atoms with E-state index in [-0.39, 0.29) is 17.4 Å². The highest BCUT2D eigenvalue weighted by Crippen LogP contribution is 2.31. The maximum Gasteiger partial charge on any atom is 0.273 e. The molecular weight excluding hydrogens is 302 g/mol. The van der Waals surface area contributed by atoms with Crippen molar-refractivity contribution in [3.05, 3.63) is 28.6 Å². The highest BCUT2D eigenvalue weighted by Gasteiger charge is 2.36. The first-order valence-corrected chi connectivity index (χ1v) is 8.77. The molecule has 3 heterocycles. The molecule has 4 nitrogen and oxygen atoms in total. The van der Waals surface area contributed by atoms with Gasteiger partial charge in [0.2, 0.25) is 0 Å². The minimum Gasteiger partial charge on any atom is -0.337 e. The first-order valence-electron chi connectivity index (χ1n) is 7.01. The van der Waals surface area contributed by atoms with Gasteiger partial charge in [-0.3, -0.25) is 4.79 Å². The molecule has 6 heteroatoms. The van der Waals surface area contributed by atoms with E-state index in [9.17, 15) is 4.79 Å². The molecule has 1 saturated heterocycles. The summed E-state index contributed by atoms with van der Waals surface area (Å²) < 4.78 is 0. The number of carbonyl (C=O) groups is 1. The summed E-state index contributed by atoms with van der Waals surface area (Å²) in [5.41, 5.74) is 6.64. The number of carbonyl (C=O) groups excluding carboxylic acids is 1. The zero-order valence-electron chi connectivity index (χ0n) is 12.2. The third kappa shape index (κ3) is 2.88. The number of thiazole rings is 1. The van der Waals surface area contributed by atoms with Crippen molar-refractivity contribution in [2.24, 2.45) is 11.1 Å². The van der Waals surface area contributed by atoms with Gasteiger partial charge in [-0.25, -0.2) is 4.98 Å². The number of thiophene rings is 1. The molecule has 0 aromatic carbocycles. The lowest BCUT2D eigenvalue weighted by Gasteiger charge is -2.42. The summed E-state index contributed by atoms with van der Waals surface area (Å²) in [6.07, 6.45) is 0.848. The zero-order chi connectivity index (χ0) is 15.0. The molecule has 1 unspecified atom stereocenters. The van der Waals surface area contributed by atoms with Gasteiger partial charge in [0.05, 0.1) is 4.88 Å². The van der Waals surface area contributed by atoms with Crippen LogP contribution in [0.4, 0.5) is 0 Å². The van der Waals surface area contributed by atoms with E-state index in [1.807, 2.05) is 27.8 Å². The van der Waals surface area contributed by atoms with Crippen molar-refractivity contribution in [3.63, 3.8) is 0 Å². The second kappa shape index (κ2) is 5.51. The predicted molar refractivity (Wildman–Crippen MR) is 87.7 cm³/mol. The van der Waals surface area contributed by atoms with E-state index in [2.05, 4.69) is 18.8 Å². The molecule has 0 saturated carbocycles. The first-order chi connectivity index (χ1) is 9.97. The maximum atomic E-state index is 12.6. The van der Waals surface area contributed by atoms with Crippen LogP contribution in [0.5, 0.6) is 0 Å². The second-order valence-corrected chi connectivity index (χ2v) is 7.93. The molecule has 0 radical (unpaired) electrons. The topological polar surface area (TPSA) is 59.2 Å². The van der Waals surface area contributed by atoms with E-state index in [4.69, 9.17) is 5.73 Å². The average Bonchev–Trinajstić information content (AvgIpc) is 3.10. The Morgan fingerprint density at radius 3 is 2.95 bits per heavy atom. The minimum absolute atomic E-state index is 0.0223. The van der Waals surface area contributed by atoms with Crippen molar-refractivity contribution in [1.29, 1.82) is 0 Å². The van der Waals surface area contributed by atoms with Crippen LogP contribution >= 0.6 is 22.7 Å². The highest BCUT2D eigenvalue weighted by molar-refractivity contribution is 7.20. The normalized spacial score (nSPS) is 21.5. The van der Waals surface area contributed by atoms with E-state index >= 15 is 0 Å². The van der Waals surface area contributed by atoms with Gasteiger partial charge in [-0.2, -0.15) is 0 Å². The largest absolute Gasteiger partial charge is 0.337 e. The molecule has 2 aromatic heterocycles. The summed E-state index contributed by atoms with van der Waals surface area (Å²) in [7, 11) is 0. The molecule has 1 aliphatic rings. The zero-order valence-corrected chi connectivity index (χ0v) is 13.8. The Kier molecular flexibility index (Phi) is 3.86. The van der Waals surface area contributed by atoms with E-state index in [1.54, 1.807) is 11.3 Å². The van der Waals surface area contributed by atoms with Crippen LogP contribution in [0.2, 0.25) is 0 Å². The number of aromatic nitrogens is 1. The fraction of sp³-hybridized carbons (Fsp3) is 0.467. The molecule has 1 atom stereocenters. The van der Waals surface area contributed by atoms with Crippen molar-refractivity contribution < 1.29 is 4.79 Å². The number of rotatable bonds is 2. The van der Waals surface area contributed by atoms with Gasteiger partial charge in [0.15, 0.2) is 0 Å². The number of hydrogen-bond donors (Lipinski definition) is 1. The van der Waals surface area contributed by atoms with Gasteiger partial charge >= 0.3 is 0 Å². The van der Waals surface area contributed by atoms with Crippen LogP contribution in [0.1, 0.15) is 30.8 Å². The number of nitrogens with zero attached hydrogens (tertiary/aromatic N) is 2. The smallest absolute Gasteiger partial charge is 0.273 e. The number of likely N-dealkylation sites (tertiary alicyclic amines) is 1. The standard InChI is InChI=1S/C15H19N3OS2/c1-15(2)9-18(6-5-12(15)16)14(19)10-8-21-13(17-10)11-4-3-7-20-11/h3-4,7-8,12H,5-6,9,16H2,1-2H3. The molecule has 0 bridgehead atoms. The van der Waals surface area contributed by atoms with Crippen LogP contribution in [-0.2, 0) is 0 Å². The molecule has 112 valence electrons. The fourth-order valence-corrected chi connectivity index (χ4v) is 4.20. The lowest BCUT2D eigenvalue weighted by molar-refractivity contribution is 0.0528. The molecule has 21 heavy (non-hydrogen) atoms. The molecular formula is C15H19N3OS2. The van der Waals surface area contributed by atoms with E-state index < -0.39 is 0 Å². The van der Waals surface area contributed by atoms with Gasteiger partial charge in [-0.05, 0) is 23.3 Å². The molecule has 1 amide bonds. The van der Waals surface area contributed by atoms with Gasteiger partial charge in [-0.15, -0.1) is 22.7 Å². The Morgan fingerprint density at radius 2 is 2.29 bits per heavy atom. The van der Waals surface area contributed by atoms with Crippen LogP contribution in [0.25, 0.3) is 9.88 Å². The Bertz CT molecular complexity index is 633. The lowest BCUT2D eigenvalue weighted by atomic mass is 9.79. The van der Waals surface area contributed by atoms with Crippen LogP contribution in [0.15, 0.2) is 22.9 Å². The predicted octanol–water partition coefficient (Wildman–Crippen LogP) is 3.07. The van der Waals surface area contributed by atoms with Crippen LogP contribution < -0.4 is 5.73 Å². The Labute approximate surface area is 132 Å². The van der Waals surface area contributed by atoms with Crippen molar-refractivity contribution in [2.75, 3.05) is 13.1 Å². The monoisotopic (exact) mass is 321 g/mol.